The molecule has 3 saturated heterocycles. The van der Waals surface area contributed by atoms with Gasteiger partial charge in [-0.3, -0.25) is 9.69 Å². The molecule has 0 aromatic carbocycles. The predicted octanol–water partition coefficient (Wildman–Crippen LogP) is 2.09. The van der Waals surface area contributed by atoms with Gasteiger partial charge in [0.05, 0.1) is 0 Å². The van der Waals surface area contributed by atoms with Crippen LogP contribution in [0.3, 0.4) is 0 Å². The quantitative estimate of drug-likeness (QED) is 0.656. The van der Waals surface area contributed by atoms with E-state index in [4.69, 9.17) is 4.74 Å². The second-order valence-corrected chi connectivity index (χ2v) is 8.21. The molecule has 0 bridgehead atoms. The van der Waals surface area contributed by atoms with Gasteiger partial charge in [-0.15, -0.1) is 37.2 Å². The van der Waals surface area contributed by atoms with Crippen LogP contribution in [0.25, 0.3) is 0 Å². The lowest BCUT2D eigenvalue weighted by atomic mass is 9.83. The van der Waals surface area contributed by atoms with E-state index in [1.807, 2.05) is 0 Å². The summed E-state index contributed by atoms with van der Waals surface area (Å²) in [5, 5.41) is 6.64. The lowest BCUT2D eigenvalue weighted by Crippen LogP contribution is -2.63. The van der Waals surface area contributed by atoms with Crippen LogP contribution in [0, 0.1) is 0 Å². The Hall–Kier alpha value is 0.180. The Balaban J connectivity index is 0.00000243. The maximum Gasteiger partial charge on any atom is 0.252 e. The zero-order valence-corrected chi connectivity index (χ0v) is 19.8. The van der Waals surface area contributed by atoms with Crippen molar-refractivity contribution in [3.05, 3.63) is 0 Å². The minimum absolute atomic E-state index is 0. The number of hydrogen-bond acceptors (Lipinski definition) is 5. The molecule has 0 aromatic rings. The summed E-state index contributed by atoms with van der Waals surface area (Å²) in [7, 11) is 3.88. The molecule has 6 nitrogen and oxygen atoms in total. The van der Waals surface area contributed by atoms with Crippen LogP contribution in [-0.4, -0.2) is 86.8 Å². The highest BCUT2D eigenvalue weighted by molar-refractivity contribution is 5.86. The number of likely N-dealkylation sites (tertiary alicyclic amines) is 2. The maximum absolute atomic E-state index is 13.0. The van der Waals surface area contributed by atoms with Gasteiger partial charge in [0.25, 0.3) is 5.91 Å². The third-order valence-corrected chi connectivity index (χ3v) is 6.74. The summed E-state index contributed by atoms with van der Waals surface area (Å²) < 4.78 is 5.70. The van der Waals surface area contributed by atoms with Crippen molar-refractivity contribution in [3.63, 3.8) is 0 Å². The molecule has 3 aliphatic rings. The van der Waals surface area contributed by atoms with Gasteiger partial charge in [0.15, 0.2) is 0 Å². The van der Waals surface area contributed by atoms with E-state index < -0.39 is 5.60 Å². The van der Waals surface area contributed by atoms with Gasteiger partial charge in [0, 0.05) is 19.2 Å². The molecule has 0 spiro atoms. The van der Waals surface area contributed by atoms with E-state index in [2.05, 4.69) is 27.5 Å². The number of rotatable bonds is 5. The summed E-state index contributed by atoms with van der Waals surface area (Å²) >= 11 is 0. The molecule has 9 heteroatoms. The van der Waals surface area contributed by atoms with Crippen LogP contribution in [0.15, 0.2) is 0 Å². The zero-order valence-electron chi connectivity index (χ0n) is 17.3. The van der Waals surface area contributed by atoms with Gasteiger partial charge in [-0.1, -0.05) is 6.42 Å². The van der Waals surface area contributed by atoms with E-state index in [0.717, 1.165) is 58.4 Å². The Kier molecular flexibility index (Phi) is 12.9. The number of methoxy groups -OCH3 is 1. The van der Waals surface area contributed by atoms with Crippen molar-refractivity contribution in [1.82, 2.24) is 20.4 Å². The molecular weight excluding hydrogens is 423 g/mol. The first kappa shape index (κ1) is 28.2. The van der Waals surface area contributed by atoms with E-state index >= 15 is 0 Å². The average Bonchev–Trinajstić information content (AvgIpc) is 2.69. The number of amides is 1. The highest BCUT2D eigenvalue weighted by atomic mass is 35.5. The molecule has 3 heterocycles. The molecule has 3 fully saturated rings. The van der Waals surface area contributed by atoms with Gasteiger partial charge in [-0.05, 0) is 84.8 Å². The topological polar surface area (TPSA) is 56.8 Å². The van der Waals surface area contributed by atoms with Crippen molar-refractivity contribution in [2.75, 3.05) is 60.0 Å². The second-order valence-electron chi connectivity index (χ2n) is 8.21. The van der Waals surface area contributed by atoms with Gasteiger partial charge in [0.2, 0.25) is 0 Å². The highest BCUT2D eigenvalue weighted by Gasteiger charge is 2.43. The third-order valence-electron chi connectivity index (χ3n) is 6.74. The van der Waals surface area contributed by atoms with Crippen molar-refractivity contribution >= 4 is 43.1 Å². The average molecular weight is 462 g/mol. The third kappa shape index (κ3) is 6.34. The fourth-order valence-corrected chi connectivity index (χ4v) is 4.77. The number of carbonyl (C=O) groups excluding carboxylic acids is 1. The molecule has 3 aliphatic heterocycles. The van der Waals surface area contributed by atoms with Gasteiger partial charge < -0.3 is 20.3 Å². The number of piperidine rings is 3. The van der Waals surface area contributed by atoms with E-state index in [9.17, 15) is 4.79 Å². The van der Waals surface area contributed by atoms with E-state index in [-0.39, 0.29) is 48.7 Å². The Morgan fingerprint density at radius 1 is 0.964 bits per heavy atom. The Morgan fingerprint density at radius 3 is 2.07 bits per heavy atom. The molecule has 1 amide bonds. The molecule has 0 saturated carbocycles. The van der Waals surface area contributed by atoms with E-state index in [0.29, 0.717) is 0 Å². The van der Waals surface area contributed by atoms with Crippen molar-refractivity contribution in [2.24, 2.45) is 0 Å². The molecule has 0 unspecified atom stereocenters. The highest BCUT2D eigenvalue weighted by Crippen LogP contribution is 2.31. The molecule has 2 N–H and O–H groups in total. The zero-order chi connectivity index (χ0) is 17.8. The van der Waals surface area contributed by atoms with Crippen LogP contribution in [0.1, 0.15) is 44.9 Å². The first-order chi connectivity index (χ1) is 12.1. The maximum atomic E-state index is 13.0. The molecule has 168 valence electrons. The standard InChI is InChI=1S/C19H36N4O2.3ClH/c1-22-14-8-18(9-15-22,23-12-4-3-5-13-23)16-21-17(24)19(25-2)6-10-20-11-7-19;;;/h20H,3-16H2,1-2H3,(H,21,24);3*1H. The number of halogens is 3. The lowest BCUT2D eigenvalue weighted by Gasteiger charge is -2.50. The number of hydrogen-bond donors (Lipinski definition) is 2. The van der Waals surface area contributed by atoms with Gasteiger partial charge in [-0.25, -0.2) is 0 Å². The normalized spacial score (nSPS) is 24.8. The summed E-state index contributed by atoms with van der Waals surface area (Å²) in [5.74, 6) is 0.0896. The van der Waals surface area contributed by atoms with Crippen molar-refractivity contribution < 1.29 is 9.53 Å². The monoisotopic (exact) mass is 460 g/mol. The van der Waals surface area contributed by atoms with Crippen LogP contribution < -0.4 is 10.6 Å². The lowest BCUT2D eigenvalue weighted by molar-refractivity contribution is -0.147. The molecule has 0 aliphatic carbocycles. The van der Waals surface area contributed by atoms with Crippen molar-refractivity contribution in [1.29, 1.82) is 0 Å². The van der Waals surface area contributed by atoms with E-state index in [1.165, 1.54) is 32.4 Å². The molecule has 0 atom stereocenters. The van der Waals surface area contributed by atoms with Crippen LogP contribution in [0.4, 0.5) is 0 Å². The largest absolute Gasteiger partial charge is 0.368 e. The smallest absolute Gasteiger partial charge is 0.252 e. The molecule has 0 radical (unpaired) electrons. The SMILES string of the molecule is COC1(C(=O)NCC2(N3CCCCC3)CCN(C)CC2)CCNCC1.Cl.Cl.Cl. The minimum atomic E-state index is -0.639. The fourth-order valence-electron chi connectivity index (χ4n) is 4.77. The summed E-state index contributed by atoms with van der Waals surface area (Å²) in [4.78, 5) is 18.1. The number of nitrogens with zero attached hydrogens (tertiary/aromatic N) is 2. The minimum Gasteiger partial charge on any atom is -0.368 e. The Labute approximate surface area is 189 Å². The fraction of sp³-hybridized carbons (Fsp3) is 0.947. The van der Waals surface area contributed by atoms with Gasteiger partial charge in [-0.2, -0.15) is 0 Å². The first-order valence-corrected chi connectivity index (χ1v) is 10.1. The summed E-state index contributed by atoms with van der Waals surface area (Å²) in [6, 6.07) is 0. The number of carbonyl (C=O) groups is 1. The van der Waals surface area contributed by atoms with Crippen molar-refractivity contribution in [3.8, 4) is 0 Å². The summed E-state index contributed by atoms with van der Waals surface area (Å²) in [6.07, 6.45) is 7.73. The number of nitrogens with one attached hydrogen (secondary N) is 2. The molecular formula is C19H39Cl3N4O2. The van der Waals surface area contributed by atoms with Crippen LogP contribution in [-0.2, 0) is 9.53 Å². The molecule has 3 rings (SSSR count). The van der Waals surface area contributed by atoms with Crippen LogP contribution >= 0.6 is 37.2 Å². The first-order valence-electron chi connectivity index (χ1n) is 10.1. The van der Waals surface area contributed by atoms with Crippen molar-refractivity contribution in [2.45, 2.75) is 56.1 Å². The Morgan fingerprint density at radius 2 is 1.54 bits per heavy atom. The van der Waals surface area contributed by atoms with Gasteiger partial charge in [0.1, 0.15) is 5.60 Å². The second kappa shape index (κ2) is 12.8. The van der Waals surface area contributed by atoms with Crippen LogP contribution in [0.2, 0.25) is 0 Å². The number of ether oxygens (including phenoxy) is 1. The van der Waals surface area contributed by atoms with E-state index in [1.54, 1.807) is 7.11 Å². The predicted molar refractivity (Wildman–Crippen MR) is 121 cm³/mol. The molecule has 28 heavy (non-hydrogen) atoms. The summed E-state index contributed by atoms with van der Waals surface area (Å²) in [5.41, 5.74) is -0.510. The molecule has 0 aromatic heterocycles. The summed E-state index contributed by atoms with van der Waals surface area (Å²) in [6.45, 7) is 7.06. The van der Waals surface area contributed by atoms with Gasteiger partial charge >= 0.3 is 0 Å². The van der Waals surface area contributed by atoms with Crippen LogP contribution in [0.5, 0.6) is 0 Å². The Bertz CT molecular complexity index is 450.